The Balaban J connectivity index is 1.92. The molecule has 0 saturated heterocycles. The van der Waals surface area contributed by atoms with E-state index < -0.39 is 12.3 Å². The third kappa shape index (κ3) is 2.36. The largest absolute Gasteiger partial charge is 0.448 e. The molecule has 5 nitrogen and oxygen atoms in total. The Morgan fingerprint density at radius 3 is 2.91 bits per heavy atom. The first kappa shape index (κ1) is 13.6. The minimum atomic E-state index is -0.828. The number of hydrogen-bond donors (Lipinski definition) is 1. The molecule has 4 rings (SSSR count). The molecule has 1 atom stereocenters. The lowest BCUT2D eigenvalue weighted by Crippen LogP contribution is -2.14. The molecule has 1 aliphatic rings. The Kier molecular flexibility index (Phi) is 3.12. The average molecular weight is 306 g/mol. The zero-order valence-electron chi connectivity index (χ0n) is 12.4. The highest BCUT2D eigenvalue weighted by atomic mass is 16.7. The number of nitrogens with zero attached hydrogens (tertiary/aromatic N) is 1. The molecule has 0 spiro atoms. The van der Waals surface area contributed by atoms with E-state index in [0.29, 0.717) is 17.1 Å². The summed E-state index contributed by atoms with van der Waals surface area (Å²) in [5.74, 6) is 0.829. The number of aromatic nitrogens is 1. The van der Waals surface area contributed by atoms with Crippen LogP contribution in [0.2, 0.25) is 0 Å². The molecule has 1 aliphatic heterocycles. The molecule has 0 bridgehead atoms. The fraction of sp³-hybridized carbons (Fsp3) is 0.111. The maximum absolute atomic E-state index is 11.4. The van der Waals surface area contributed by atoms with Gasteiger partial charge in [0.2, 0.25) is 0 Å². The van der Waals surface area contributed by atoms with Crippen LogP contribution in [0.5, 0.6) is 5.75 Å². The second kappa shape index (κ2) is 5.28. The lowest BCUT2D eigenvalue weighted by molar-refractivity contribution is -0.161. The number of ether oxygens (including phenoxy) is 2. The van der Waals surface area contributed by atoms with Crippen LogP contribution in [0, 0.1) is 0 Å². The van der Waals surface area contributed by atoms with Gasteiger partial charge >= 0.3 is 5.97 Å². The zero-order chi connectivity index (χ0) is 15.8. The molecular weight excluding hydrogens is 292 g/mol. The van der Waals surface area contributed by atoms with Gasteiger partial charge in [0.05, 0.1) is 11.3 Å². The van der Waals surface area contributed by atoms with Crippen molar-refractivity contribution >= 4 is 28.2 Å². The fourth-order valence-electron chi connectivity index (χ4n) is 2.73. The average Bonchev–Trinajstić information content (AvgIpc) is 2.71. The van der Waals surface area contributed by atoms with Gasteiger partial charge in [-0.25, -0.2) is 4.98 Å². The standard InChI is InChI=1S/C18H14N2O3/c1-11(21)22-18-14-7-4-10-19-17(14)20-16-13-6-3-2-5-12(13)8-9-15(16)23-18/h2-10,18H,1H3,(H,19,20). The molecule has 1 aromatic heterocycles. The van der Waals surface area contributed by atoms with Crippen LogP contribution in [-0.2, 0) is 9.53 Å². The van der Waals surface area contributed by atoms with E-state index in [1.165, 1.54) is 6.92 Å². The van der Waals surface area contributed by atoms with Gasteiger partial charge in [0.25, 0.3) is 6.29 Å². The Morgan fingerprint density at radius 1 is 1.17 bits per heavy atom. The first-order valence-corrected chi connectivity index (χ1v) is 7.30. The SMILES string of the molecule is CC(=O)OC1Oc2ccc3ccccc3c2Nc2ncccc21. The van der Waals surface area contributed by atoms with E-state index >= 15 is 0 Å². The topological polar surface area (TPSA) is 60.5 Å². The maximum atomic E-state index is 11.4. The molecule has 23 heavy (non-hydrogen) atoms. The number of rotatable bonds is 1. The number of nitrogens with one attached hydrogen (secondary N) is 1. The minimum absolute atomic E-state index is 0.408. The molecule has 2 aromatic carbocycles. The lowest BCUT2D eigenvalue weighted by atomic mass is 10.1. The number of esters is 1. The highest BCUT2D eigenvalue weighted by molar-refractivity contribution is 5.98. The molecule has 0 radical (unpaired) electrons. The molecule has 5 heteroatoms. The van der Waals surface area contributed by atoms with Gasteiger partial charge < -0.3 is 14.8 Å². The zero-order valence-corrected chi connectivity index (χ0v) is 12.4. The maximum Gasteiger partial charge on any atom is 0.305 e. The van der Waals surface area contributed by atoms with Crippen molar-refractivity contribution in [3.63, 3.8) is 0 Å². The number of anilines is 2. The van der Waals surface area contributed by atoms with Crippen LogP contribution in [-0.4, -0.2) is 11.0 Å². The summed E-state index contributed by atoms with van der Waals surface area (Å²) in [6, 6.07) is 15.5. The summed E-state index contributed by atoms with van der Waals surface area (Å²) in [7, 11) is 0. The summed E-state index contributed by atoms with van der Waals surface area (Å²) < 4.78 is 11.3. The van der Waals surface area contributed by atoms with E-state index in [9.17, 15) is 4.79 Å². The van der Waals surface area contributed by atoms with Gasteiger partial charge in [-0.3, -0.25) is 4.79 Å². The van der Waals surface area contributed by atoms with Crippen molar-refractivity contribution in [2.75, 3.05) is 5.32 Å². The first-order valence-electron chi connectivity index (χ1n) is 7.30. The van der Waals surface area contributed by atoms with Crippen LogP contribution in [0.25, 0.3) is 10.8 Å². The van der Waals surface area contributed by atoms with Crippen LogP contribution >= 0.6 is 0 Å². The monoisotopic (exact) mass is 306 g/mol. The smallest absolute Gasteiger partial charge is 0.305 e. The molecule has 0 saturated carbocycles. The van der Waals surface area contributed by atoms with E-state index in [1.54, 1.807) is 12.3 Å². The van der Waals surface area contributed by atoms with Crippen LogP contribution < -0.4 is 10.1 Å². The molecule has 1 N–H and O–H groups in total. The van der Waals surface area contributed by atoms with Crippen molar-refractivity contribution in [2.24, 2.45) is 0 Å². The summed E-state index contributed by atoms with van der Waals surface area (Å²) in [4.78, 5) is 15.8. The van der Waals surface area contributed by atoms with E-state index in [0.717, 1.165) is 16.5 Å². The van der Waals surface area contributed by atoms with Gasteiger partial charge in [0, 0.05) is 18.5 Å². The first-order chi connectivity index (χ1) is 11.2. The minimum Gasteiger partial charge on any atom is -0.448 e. The van der Waals surface area contributed by atoms with Crippen molar-refractivity contribution in [3.05, 3.63) is 60.3 Å². The van der Waals surface area contributed by atoms with E-state index in [-0.39, 0.29) is 0 Å². The van der Waals surface area contributed by atoms with Crippen molar-refractivity contribution in [1.29, 1.82) is 0 Å². The van der Waals surface area contributed by atoms with E-state index in [1.807, 2.05) is 42.5 Å². The number of carbonyl (C=O) groups is 1. The fourth-order valence-corrected chi connectivity index (χ4v) is 2.73. The molecular formula is C18H14N2O3. The Labute approximate surface area is 132 Å². The second-order valence-corrected chi connectivity index (χ2v) is 5.29. The van der Waals surface area contributed by atoms with Crippen molar-refractivity contribution in [1.82, 2.24) is 4.98 Å². The highest BCUT2D eigenvalue weighted by Crippen LogP contribution is 2.42. The molecule has 2 heterocycles. The molecule has 1 unspecified atom stereocenters. The summed E-state index contributed by atoms with van der Waals surface area (Å²) >= 11 is 0. The number of pyridine rings is 1. The van der Waals surface area contributed by atoms with Gasteiger partial charge in [0.15, 0.2) is 0 Å². The van der Waals surface area contributed by atoms with Crippen LogP contribution in [0.1, 0.15) is 18.8 Å². The highest BCUT2D eigenvalue weighted by Gasteiger charge is 2.27. The normalized spacial score (nSPS) is 15.6. The third-order valence-corrected chi connectivity index (χ3v) is 3.73. The quantitative estimate of drug-likeness (QED) is 0.690. The van der Waals surface area contributed by atoms with Gasteiger partial charge in [-0.2, -0.15) is 0 Å². The predicted molar refractivity (Wildman–Crippen MR) is 86.6 cm³/mol. The molecule has 0 aliphatic carbocycles. The summed E-state index contributed by atoms with van der Waals surface area (Å²) in [6.07, 6.45) is 0.860. The van der Waals surface area contributed by atoms with Gasteiger partial charge in [-0.05, 0) is 23.6 Å². The van der Waals surface area contributed by atoms with Crippen LogP contribution in [0.4, 0.5) is 11.5 Å². The summed E-state index contributed by atoms with van der Waals surface area (Å²) in [6.45, 7) is 1.36. The van der Waals surface area contributed by atoms with Crippen molar-refractivity contribution in [2.45, 2.75) is 13.2 Å². The van der Waals surface area contributed by atoms with E-state index in [2.05, 4.69) is 10.3 Å². The van der Waals surface area contributed by atoms with Crippen LogP contribution in [0.3, 0.4) is 0 Å². The van der Waals surface area contributed by atoms with Crippen molar-refractivity contribution in [3.8, 4) is 5.75 Å². The third-order valence-electron chi connectivity index (χ3n) is 3.73. The molecule has 0 amide bonds. The summed E-state index contributed by atoms with van der Waals surface area (Å²) in [5.41, 5.74) is 1.50. The van der Waals surface area contributed by atoms with Gasteiger partial charge in [0.1, 0.15) is 11.6 Å². The molecule has 3 aromatic rings. The molecule has 114 valence electrons. The Bertz CT molecular complexity index is 908. The number of hydrogen-bond acceptors (Lipinski definition) is 5. The predicted octanol–water partition coefficient (Wildman–Crippen LogP) is 3.93. The number of fused-ring (bicyclic) bond motifs is 4. The van der Waals surface area contributed by atoms with Gasteiger partial charge in [-0.1, -0.05) is 30.3 Å². The summed E-state index contributed by atoms with van der Waals surface area (Å²) in [5, 5.41) is 5.43. The number of benzene rings is 2. The molecule has 0 fully saturated rings. The Morgan fingerprint density at radius 2 is 2.04 bits per heavy atom. The Hall–Kier alpha value is -3.08. The number of carbonyl (C=O) groups excluding carboxylic acids is 1. The second-order valence-electron chi connectivity index (χ2n) is 5.29. The van der Waals surface area contributed by atoms with E-state index in [4.69, 9.17) is 9.47 Å². The van der Waals surface area contributed by atoms with Gasteiger partial charge in [-0.15, -0.1) is 0 Å². The van der Waals surface area contributed by atoms with Crippen LogP contribution in [0.15, 0.2) is 54.7 Å². The van der Waals surface area contributed by atoms with Crippen molar-refractivity contribution < 1.29 is 14.3 Å². The lowest BCUT2D eigenvalue weighted by Gasteiger charge is -2.17.